The number of hydrogen-bond acceptors (Lipinski definition) is 7. The average Bonchev–Trinajstić information content (AvgIpc) is 2.86. The molecule has 3 rings (SSSR count). The summed E-state index contributed by atoms with van der Waals surface area (Å²) in [6.07, 6.45) is -0.00184. The number of halogens is 1. The molecule has 9 heteroatoms. The molecule has 0 amide bonds. The molecule has 7 nitrogen and oxygen atoms in total. The van der Waals surface area contributed by atoms with Crippen LogP contribution in [0.2, 0.25) is 5.02 Å². The van der Waals surface area contributed by atoms with E-state index in [2.05, 4.69) is 5.32 Å². The first-order chi connectivity index (χ1) is 16.8. The van der Waals surface area contributed by atoms with Gasteiger partial charge in [-0.2, -0.15) is 0 Å². The van der Waals surface area contributed by atoms with E-state index in [1.54, 1.807) is 61.5 Å². The van der Waals surface area contributed by atoms with Crippen LogP contribution in [0, 0.1) is 0 Å². The number of aliphatic hydroxyl groups excluding tert-OH is 1. The van der Waals surface area contributed by atoms with Crippen LogP contribution in [0.4, 0.5) is 0 Å². The highest BCUT2D eigenvalue weighted by Gasteiger charge is 2.18. The number of esters is 1. The third kappa shape index (κ3) is 7.80. The van der Waals surface area contributed by atoms with Crippen molar-refractivity contribution in [1.82, 2.24) is 5.32 Å². The Morgan fingerprint density at radius 3 is 2.49 bits per heavy atom. The molecule has 0 aliphatic heterocycles. The van der Waals surface area contributed by atoms with Crippen molar-refractivity contribution in [3.8, 4) is 5.75 Å². The third-order valence-corrected chi connectivity index (χ3v) is 7.18. The van der Waals surface area contributed by atoms with Gasteiger partial charge in [-0.05, 0) is 73.5 Å². The molecule has 0 radical (unpaired) electrons. The van der Waals surface area contributed by atoms with Gasteiger partial charge in [0.25, 0.3) is 0 Å². The Morgan fingerprint density at radius 1 is 1.03 bits per heavy atom. The molecule has 0 aliphatic carbocycles. The molecule has 2 N–H and O–H groups in total. The maximum atomic E-state index is 13.0. The third-order valence-electron chi connectivity index (χ3n) is 5.17. The Kier molecular flexibility index (Phi) is 9.68. The molecule has 35 heavy (non-hydrogen) atoms. The minimum atomic E-state index is -3.75. The van der Waals surface area contributed by atoms with Crippen molar-refractivity contribution < 1.29 is 27.8 Å². The van der Waals surface area contributed by atoms with E-state index in [-0.39, 0.29) is 28.8 Å². The van der Waals surface area contributed by atoms with E-state index in [4.69, 9.17) is 21.1 Å². The zero-order valence-electron chi connectivity index (χ0n) is 19.3. The number of ether oxygens (including phenoxy) is 2. The van der Waals surface area contributed by atoms with Gasteiger partial charge in [0.1, 0.15) is 5.75 Å². The average molecular weight is 518 g/mol. The fourth-order valence-electron chi connectivity index (χ4n) is 3.35. The van der Waals surface area contributed by atoms with E-state index in [0.717, 1.165) is 11.1 Å². The summed E-state index contributed by atoms with van der Waals surface area (Å²) in [7, 11) is -3.75. The SMILES string of the molecule is CCOC(=O)COc1cccc(S(=O)(=O)c2ccc(CCNC[C@H](O)c3cccc(Cl)c3)cc2)c1. The molecule has 0 aromatic heterocycles. The van der Waals surface area contributed by atoms with E-state index in [1.807, 2.05) is 6.07 Å². The van der Waals surface area contributed by atoms with Crippen LogP contribution in [-0.2, 0) is 25.8 Å². The van der Waals surface area contributed by atoms with Crippen LogP contribution in [0.1, 0.15) is 24.2 Å². The van der Waals surface area contributed by atoms with Crippen molar-refractivity contribution in [3.63, 3.8) is 0 Å². The van der Waals surface area contributed by atoms with E-state index < -0.39 is 21.9 Å². The van der Waals surface area contributed by atoms with E-state index >= 15 is 0 Å². The molecule has 0 heterocycles. The predicted octanol–water partition coefficient (Wildman–Crippen LogP) is 3.98. The van der Waals surface area contributed by atoms with E-state index in [0.29, 0.717) is 24.5 Å². The standard InChI is InChI=1S/C26H28ClNO6S/c1-2-33-26(30)18-34-22-7-4-8-24(16-22)35(31,32)23-11-9-19(10-12-23)13-14-28-17-25(29)20-5-3-6-21(27)15-20/h3-12,15-16,25,28-29H,2,13-14,17-18H2,1H3/t25-/m0/s1. The summed E-state index contributed by atoms with van der Waals surface area (Å²) >= 11 is 5.96. The van der Waals surface area contributed by atoms with Crippen molar-refractivity contribution in [2.45, 2.75) is 29.2 Å². The van der Waals surface area contributed by atoms with Crippen molar-refractivity contribution in [3.05, 3.63) is 88.9 Å². The Labute approximate surface area is 210 Å². The molecule has 3 aromatic carbocycles. The normalized spacial score (nSPS) is 12.2. The number of rotatable bonds is 12. The lowest BCUT2D eigenvalue weighted by Gasteiger charge is -2.13. The first-order valence-electron chi connectivity index (χ1n) is 11.2. The Bertz CT molecular complexity index is 1230. The fourth-order valence-corrected chi connectivity index (χ4v) is 4.84. The van der Waals surface area contributed by atoms with Gasteiger partial charge in [-0.25, -0.2) is 13.2 Å². The van der Waals surface area contributed by atoms with Gasteiger partial charge < -0.3 is 19.9 Å². The summed E-state index contributed by atoms with van der Waals surface area (Å²) in [5, 5.41) is 14.0. The number of carbonyl (C=O) groups excluding carboxylic acids is 1. The van der Waals surface area contributed by atoms with Crippen LogP contribution in [0.5, 0.6) is 5.75 Å². The molecule has 0 aliphatic rings. The molecular formula is C26H28ClNO6S. The lowest BCUT2D eigenvalue weighted by molar-refractivity contribution is -0.145. The quantitative estimate of drug-likeness (QED) is 0.277. The first-order valence-corrected chi connectivity index (χ1v) is 13.0. The van der Waals surface area contributed by atoms with Gasteiger partial charge in [0.2, 0.25) is 9.84 Å². The van der Waals surface area contributed by atoms with E-state index in [9.17, 15) is 18.3 Å². The number of nitrogens with one attached hydrogen (secondary N) is 1. The molecule has 186 valence electrons. The highest BCUT2D eigenvalue weighted by Crippen LogP contribution is 2.25. The van der Waals surface area contributed by atoms with Crippen LogP contribution < -0.4 is 10.1 Å². The largest absolute Gasteiger partial charge is 0.482 e. The van der Waals surface area contributed by atoms with Crippen molar-refractivity contribution in [1.29, 1.82) is 0 Å². The van der Waals surface area contributed by atoms with Crippen LogP contribution in [0.3, 0.4) is 0 Å². The minimum Gasteiger partial charge on any atom is -0.482 e. The summed E-state index contributed by atoms with van der Waals surface area (Å²) in [5.74, 6) is -0.258. The Hall–Kier alpha value is -2.91. The van der Waals surface area contributed by atoms with Gasteiger partial charge in [0.15, 0.2) is 6.61 Å². The highest BCUT2D eigenvalue weighted by atomic mass is 35.5. The van der Waals surface area contributed by atoms with Crippen molar-refractivity contribution in [2.24, 2.45) is 0 Å². The summed E-state index contributed by atoms with van der Waals surface area (Å²) in [6.45, 7) is 2.63. The second kappa shape index (κ2) is 12.7. The smallest absolute Gasteiger partial charge is 0.344 e. The van der Waals surface area contributed by atoms with Crippen LogP contribution >= 0.6 is 11.6 Å². The number of aliphatic hydroxyl groups is 1. The Balaban J connectivity index is 1.54. The van der Waals surface area contributed by atoms with Gasteiger partial charge >= 0.3 is 5.97 Å². The summed E-state index contributed by atoms with van der Waals surface area (Å²) < 4.78 is 36.2. The molecule has 0 spiro atoms. The van der Waals surface area contributed by atoms with Crippen LogP contribution in [-0.4, -0.2) is 45.8 Å². The molecule has 0 fully saturated rings. The second-order valence-electron chi connectivity index (χ2n) is 7.74. The molecule has 1 atom stereocenters. The maximum Gasteiger partial charge on any atom is 0.344 e. The van der Waals surface area contributed by atoms with Gasteiger partial charge in [-0.15, -0.1) is 0 Å². The van der Waals surface area contributed by atoms with Gasteiger partial charge in [-0.1, -0.05) is 41.9 Å². The molecular weight excluding hydrogens is 490 g/mol. The summed E-state index contributed by atoms with van der Waals surface area (Å²) in [6, 6.07) is 19.8. The number of hydrogen-bond donors (Lipinski definition) is 2. The summed E-state index contributed by atoms with van der Waals surface area (Å²) in [5.41, 5.74) is 1.70. The zero-order valence-corrected chi connectivity index (χ0v) is 20.9. The van der Waals surface area contributed by atoms with Gasteiger partial charge in [-0.3, -0.25) is 0 Å². The summed E-state index contributed by atoms with van der Waals surface area (Å²) in [4.78, 5) is 11.7. The van der Waals surface area contributed by atoms with Crippen LogP contribution in [0.25, 0.3) is 0 Å². The molecule has 0 saturated heterocycles. The van der Waals surface area contributed by atoms with Crippen molar-refractivity contribution >= 4 is 27.4 Å². The Morgan fingerprint density at radius 2 is 1.77 bits per heavy atom. The van der Waals surface area contributed by atoms with E-state index in [1.165, 1.54) is 12.1 Å². The van der Waals surface area contributed by atoms with Gasteiger partial charge in [0, 0.05) is 11.6 Å². The molecule has 3 aromatic rings. The monoisotopic (exact) mass is 517 g/mol. The first kappa shape index (κ1) is 26.7. The highest BCUT2D eigenvalue weighted by molar-refractivity contribution is 7.91. The lowest BCUT2D eigenvalue weighted by atomic mass is 10.1. The number of carbonyl (C=O) groups is 1. The number of sulfone groups is 1. The second-order valence-corrected chi connectivity index (χ2v) is 10.1. The topological polar surface area (TPSA) is 102 Å². The minimum absolute atomic E-state index is 0.0725. The molecule has 0 bridgehead atoms. The lowest BCUT2D eigenvalue weighted by Crippen LogP contribution is -2.23. The van der Waals surface area contributed by atoms with Crippen LogP contribution in [0.15, 0.2) is 82.6 Å². The predicted molar refractivity (Wildman–Crippen MR) is 133 cm³/mol. The zero-order chi connectivity index (χ0) is 25.3. The van der Waals surface area contributed by atoms with Crippen molar-refractivity contribution in [2.75, 3.05) is 26.3 Å². The molecule has 0 saturated carbocycles. The fraction of sp³-hybridized carbons (Fsp3) is 0.269. The maximum absolute atomic E-state index is 13.0. The number of benzene rings is 3. The molecule has 0 unspecified atom stereocenters. The van der Waals surface area contributed by atoms with Gasteiger partial charge in [0.05, 0.1) is 22.5 Å².